The molecule has 1 fully saturated rings. The van der Waals surface area contributed by atoms with Crippen molar-refractivity contribution in [1.29, 1.82) is 0 Å². The summed E-state index contributed by atoms with van der Waals surface area (Å²) in [5, 5.41) is 0. The van der Waals surface area contributed by atoms with Crippen molar-refractivity contribution < 1.29 is 4.39 Å². The van der Waals surface area contributed by atoms with Crippen LogP contribution in [0.5, 0.6) is 0 Å². The fraction of sp³-hybridized carbons (Fsp3) is 1.00. The summed E-state index contributed by atoms with van der Waals surface area (Å²) in [6, 6.07) is 1.01. The van der Waals surface area contributed by atoms with Gasteiger partial charge in [0, 0.05) is 18.6 Å². The van der Waals surface area contributed by atoms with Gasteiger partial charge in [-0.15, -0.1) is 0 Å². The van der Waals surface area contributed by atoms with E-state index >= 15 is 0 Å². The van der Waals surface area contributed by atoms with E-state index in [9.17, 15) is 4.39 Å². The average molecular weight is 173 g/mol. The molecule has 1 heterocycles. The maximum Gasteiger partial charge on any atom is 0.114 e. The Hall–Kier alpha value is -0.110. The summed E-state index contributed by atoms with van der Waals surface area (Å²) >= 11 is 0. The van der Waals surface area contributed by atoms with Crippen LogP contribution in [0.2, 0.25) is 0 Å². The summed E-state index contributed by atoms with van der Waals surface area (Å²) in [4.78, 5) is 2.30. The smallest absolute Gasteiger partial charge is 0.114 e. The molecule has 0 aromatic heterocycles. The SMILES string of the molecule is CCC[C@@H]1C[C@@H](F)CN1C(C)C. The number of rotatable bonds is 3. The second-order valence-corrected chi connectivity index (χ2v) is 4.07. The molecule has 1 rings (SSSR count). The van der Waals surface area contributed by atoms with Gasteiger partial charge in [0.15, 0.2) is 0 Å². The van der Waals surface area contributed by atoms with Crippen LogP contribution >= 0.6 is 0 Å². The van der Waals surface area contributed by atoms with E-state index in [1.165, 1.54) is 6.42 Å². The van der Waals surface area contributed by atoms with Crippen LogP contribution in [0.25, 0.3) is 0 Å². The number of alkyl halides is 1. The van der Waals surface area contributed by atoms with Gasteiger partial charge in [0.25, 0.3) is 0 Å². The highest BCUT2D eigenvalue weighted by molar-refractivity contribution is 4.86. The highest BCUT2D eigenvalue weighted by Crippen LogP contribution is 2.25. The van der Waals surface area contributed by atoms with E-state index in [4.69, 9.17) is 0 Å². The van der Waals surface area contributed by atoms with E-state index in [1.807, 2.05) is 0 Å². The molecule has 0 aromatic rings. The lowest BCUT2D eigenvalue weighted by Gasteiger charge is -2.27. The maximum atomic E-state index is 13.1. The first kappa shape index (κ1) is 9.97. The predicted molar refractivity (Wildman–Crippen MR) is 50.1 cm³/mol. The van der Waals surface area contributed by atoms with Gasteiger partial charge in [-0.25, -0.2) is 4.39 Å². The fourth-order valence-corrected chi connectivity index (χ4v) is 2.13. The standard InChI is InChI=1S/C10H20FN/c1-4-5-10-6-9(11)7-12(10)8(2)3/h8-10H,4-7H2,1-3H3/t9-,10-/m1/s1. The number of likely N-dealkylation sites (tertiary alicyclic amines) is 1. The zero-order valence-corrected chi connectivity index (χ0v) is 8.39. The normalized spacial score (nSPS) is 31.8. The third kappa shape index (κ3) is 2.19. The van der Waals surface area contributed by atoms with Crippen molar-refractivity contribution in [2.75, 3.05) is 6.54 Å². The van der Waals surface area contributed by atoms with E-state index in [-0.39, 0.29) is 0 Å². The first-order chi connectivity index (χ1) is 5.65. The highest BCUT2D eigenvalue weighted by Gasteiger charge is 2.32. The summed E-state index contributed by atoms with van der Waals surface area (Å²) in [5.41, 5.74) is 0. The van der Waals surface area contributed by atoms with E-state index in [0.29, 0.717) is 18.6 Å². The van der Waals surface area contributed by atoms with E-state index in [1.54, 1.807) is 0 Å². The summed E-state index contributed by atoms with van der Waals surface area (Å²) < 4.78 is 13.1. The molecule has 1 aliphatic heterocycles. The van der Waals surface area contributed by atoms with Gasteiger partial charge in [0.05, 0.1) is 0 Å². The van der Waals surface area contributed by atoms with Gasteiger partial charge in [-0.2, -0.15) is 0 Å². The minimum Gasteiger partial charge on any atom is -0.295 e. The molecular weight excluding hydrogens is 153 g/mol. The van der Waals surface area contributed by atoms with Gasteiger partial charge in [-0.05, 0) is 26.7 Å². The summed E-state index contributed by atoms with van der Waals surface area (Å²) in [6.45, 7) is 7.13. The second kappa shape index (κ2) is 4.22. The van der Waals surface area contributed by atoms with Crippen LogP contribution in [-0.2, 0) is 0 Å². The molecule has 0 unspecified atom stereocenters. The van der Waals surface area contributed by atoms with E-state index in [2.05, 4.69) is 25.7 Å². The molecule has 0 radical (unpaired) electrons. The number of nitrogens with zero attached hydrogens (tertiary/aromatic N) is 1. The van der Waals surface area contributed by atoms with Crippen molar-refractivity contribution in [1.82, 2.24) is 4.90 Å². The summed E-state index contributed by atoms with van der Waals surface area (Å²) in [6.07, 6.45) is 2.49. The molecule has 2 atom stereocenters. The largest absolute Gasteiger partial charge is 0.295 e. The van der Waals surface area contributed by atoms with E-state index < -0.39 is 6.17 Å². The van der Waals surface area contributed by atoms with Crippen LogP contribution < -0.4 is 0 Å². The Morgan fingerprint density at radius 2 is 2.17 bits per heavy atom. The lowest BCUT2D eigenvalue weighted by molar-refractivity contribution is 0.188. The molecule has 0 aliphatic carbocycles. The predicted octanol–water partition coefficient (Wildman–Crippen LogP) is 2.61. The Labute approximate surface area is 74.9 Å². The number of hydrogen-bond donors (Lipinski definition) is 0. The zero-order valence-electron chi connectivity index (χ0n) is 8.39. The molecule has 0 spiro atoms. The molecule has 0 amide bonds. The van der Waals surface area contributed by atoms with Gasteiger partial charge in [-0.3, -0.25) is 4.90 Å². The van der Waals surface area contributed by atoms with Crippen molar-refractivity contribution in [3.8, 4) is 0 Å². The Morgan fingerprint density at radius 3 is 2.67 bits per heavy atom. The molecule has 12 heavy (non-hydrogen) atoms. The second-order valence-electron chi connectivity index (χ2n) is 4.07. The van der Waals surface area contributed by atoms with Crippen LogP contribution in [0.1, 0.15) is 40.0 Å². The quantitative estimate of drug-likeness (QED) is 0.634. The fourth-order valence-electron chi connectivity index (χ4n) is 2.13. The minimum atomic E-state index is -0.580. The monoisotopic (exact) mass is 173 g/mol. The molecule has 0 saturated carbocycles. The van der Waals surface area contributed by atoms with Crippen LogP contribution in [0, 0.1) is 0 Å². The molecule has 1 aliphatic rings. The first-order valence-corrected chi connectivity index (χ1v) is 5.05. The third-order valence-corrected chi connectivity index (χ3v) is 2.69. The molecule has 1 nitrogen and oxygen atoms in total. The van der Waals surface area contributed by atoms with Crippen molar-refractivity contribution in [3.05, 3.63) is 0 Å². The Kier molecular flexibility index (Phi) is 3.51. The Balaban J connectivity index is 2.47. The molecule has 0 aromatic carbocycles. The van der Waals surface area contributed by atoms with Gasteiger partial charge in [0.2, 0.25) is 0 Å². The van der Waals surface area contributed by atoms with Crippen molar-refractivity contribution in [2.45, 2.75) is 58.3 Å². The first-order valence-electron chi connectivity index (χ1n) is 5.05. The minimum absolute atomic E-state index is 0.502. The van der Waals surface area contributed by atoms with Crippen molar-refractivity contribution >= 4 is 0 Å². The van der Waals surface area contributed by atoms with Gasteiger partial charge >= 0.3 is 0 Å². The topological polar surface area (TPSA) is 3.24 Å². The summed E-state index contributed by atoms with van der Waals surface area (Å²) in [7, 11) is 0. The molecule has 72 valence electrons. The lowest BCUT2D eigenvalue weighted by atomic mass is 10.1. The van der Waals surface area contributed by atoms with Gasteiger partial charge in [0.1, 0.15) is 6.17 Å². The Morgan fingerprint density at radius 1 is 1.50 bits per heavy atom. The van der Waals surface area contributed by atoms with Gasteiger partial charge < -0.3 is 0 Å². The lowest BCUT2D eigenvalue weighted by Crippen LogP contribution is -2.35. The van der Waals surface area contributed by atoms with Crippen LogP contribution in [0.15, 0.2) is 0 Å². The van der Waals surface area contributed by atoms with Crippen LogP contribution in [0.4, 0.5) is 4.39 Å². The zero-order chi connectivity index (χ0) is 9.14. The Bertz CT molecular complexity index is 136. The van der Waals surface area contributed by atoms with Crippen LogP contribution in [-0.4, -0.2) is 29.7 Å². The van der Waals surface area contributed by atoms with Crippen molar-refractivity contribution in [2.24, 2.45) is 0 Å². The summed E-state index contributed by atoms with van der Waals surface area (Å²) in [5.74, 6) is 0. The molecular formula is C10H20FN. The molecule has 0 N–H and O–H groups in total. The van der Waals surface area contributed by atoms with Crippen molar-refractivity contribution in [3.63, 3.8) is 0 Å². The molecule has 2 heteroatoms. The van der Waals surface area contributed by atoms with Gasteiger partial charge in [-0.1, -0.05) is 13.3 Å². The highest BCUT2D eigenvalue weighted by atomic mass is 19.1. The van der Waals surface area contributed by atoms with Crippen LogP contribution in [0.3, 0.4) is 0 Å². The number of hydrogen-bond acceptors (Lipinski definition) is 1. The number of halogens is 1. The van der Waals surface area contributed by atoms with E-state index in [0.717, 1.165) is 12.8 Å². The molecule has 0 bridgehead atoms. The average Bonchev–Trinajstić information content (AvgIpc) is 2.32. The molecule has 1 saturated heterocycles. The third-order valence-electron chi connectivity index (χ3n) is 2.69. The maximum absolute atomic E-state index is 13.1.